The second-order valence-electron chi connectivity index (χ2n) is 6.52. The maximum Gasteiger partial charge on any atom is -0.0104 e. The van der Waals surface area contributed by atoms with Crippen LogP contribution in [-0.4, -0.2) is 0 Å². The van der Waals surface area contributed by atoms with Crippen LogP contribution in [0.15, 0.2) is 18.2 Å². The van der Waals surface area contributed by atoms with E-state index in [9.17, 15) is 0 Å². The Kier molecular flexibility index (Phi) is 3.52. The van der Waals surface area contributed by atoms with Gasteiger partial charge in [-0.1, -0.05) is 59.7 Å². The van der Waals surface area contributed by atoms with Gasteiger partial charge in [-0.2, -0.15) is 0 Å². The Hall–Kier alpha value is -0.780. The Morgan fingerprint density at radius 3 is 1.94 bits per heavy atom. The molecule has 0 nitrogen and oxygen atoms in total. The van der Waals surface area contributed by atoms with Crippen LogP contribution in [0.25, 0.3) is 0 Å². The minimum Gasteiger partial charge on any atom is -0.0646 e. The number of hydrogen-bond acceptors (Lipinski definition) is 0. The summed E-state index contributed by atoms with van der Waals surface area (Å²) in [6.45, 7) is 16.0. The van der Waals surface area contributed by atoms with Gasteiger partial charge in [-0.3, -0.25) is 0 Å². The van der Waals surface area contributed by atoms with Crippen LogP contribution < -0.4 is 0 Å². The standard InChI is InChI=1S/C16H26/c1-8-16(6,7)14-10-9-13(11-12(14)2)15(3,4)5/h9-11H,8H2,1-7H3. The van der Waals surface area contributed by atoms with E-state index < -0.39 is 0 Å². The summed E-state index contributed by atoms with van der Waals surface area (Å²) in [5.41, 5.74) is 4.89. The van der Waals surface area contributed by atoms with Gasteiger partial charge in [0.15, 0.2) is 0 Å². The SMILES string of the molecule is CCC(C)(C)c1ccc(C(C)(C)C)cc1C. The molecule has 0 atom stereocenters. The predicted molar refractivity (Wildman–Crippen MR) is 73.2 cm³/mol. The molecule has 0 heteroatoms. The molecule has 0 fully saturated rings. The van der Waals surface area contributed by atoms with Gasteiger partial charge in [0, 0.05) is 0 Å². The van der Waals surface area contributed by atoms with E-state index in [4.69, 9.17) is 0 Å². The number of hydrogen-bond donors (Lipinski definition) is 0. The molecule has 0 bridgehead atoms. The summed E-state index contributed by atoms with van der Waals surface area (Å²) in [6.07, 6.45) is 1.18. The van der Waals surface area contributed by atoms with Crippen molar-refractivity contribution in [2.45, 2.75) is 65.7 Å². The molecule has 0 N–H and O–H groups in total. The van der Waals surface area contributed by atoms with Gasteiger partial charge in [0.1, 0.15) is 0 Å². The Morgan fingerprint density at radius 1 is 1.00 bits per heavy atom. The lowest BCUT2D eigenvalue weighted by molar-refractivity contribution is 0.502. The van der Waals surface area contributed by atoms with Crippen molar-refractivity contribution in [1.29, 1.82) is 0 Å². The first-order valence-electron chi connectivity index (χ1n) is 6.30. The lowest BCUT2D eigenvalue weighted by atomic mass is 9.77. The number of rotatable bonds is 2. The largest absolute Gasteiger partial charge is 0.0646 e. The number of benzene rings is 1. The molecule has 0 aliphatic heterocycles. The fraction of sp³-hybridized carbons (Fsp3) is 0.625. The molecule has 1 aromatic rings. The minimum atomic E-state index is 0.250. The van der Waals surface area contributed by atoms with Gasteiger partial charge in [0.2, 0.25) is 0 Å². The summed E-state index contributed by atoms with van der Waals surface area (Å²) in [4.78, 5) is 0. The van der Waals surface area contributed by atoms with E-state index in [0.717, 1.165) is 0 Å². The molecule has 0 radical (unpaired) electrons. The van der Waals surface area contributed by atoms with Crippen molar-refractivity contribution in [2.75, 3.05) is 0 Å². The molecule has 90 valence electrons. The topological polar surface area (TPSA) is 0 Å². The zero-order valence-corrected chi connectivity index (χ0v) is 11.9. The van der Waals surface area contributed by atoms with Gasteiger partial charge in [-0.05, 0) is 40.9 Å². The fourth-order valence-electron chi connectivity index (χ4n) is 2.08. The Labute approximate surface area is 101 Å². The maximum atomic E-state index is 2.35. The van der Waals surface area contributed by atoms with E-state index in [1.165, 1.54) is 23.1 Å². The first kappa shape index (κ1) is 13.3. The van der Waals surface area contributed by atoms with Gasteiger partial charge >= 0.3 is 0 Å². The van der Waals surface area contributed by atoms with Crippen molar-refractivity contribution in [1.82, 2.24) is 0 Å². The second-order valence-corrected chi connectivity index (χ2v) is 6.52. The monoisotopic (exact) mass is 218 g/mol. The third-order valence-electron chi connectivity index (χ3n) is 3.71. The highest BCUT2D eigenvalue weighted by Gasteiger charge is 2.22. The Morgan fingerprint density at radius 2 is 1.56 bits per heavy atom. The number of aryl methyl sites for hydroxylation is 1. The average Bonchev–Trinajstić information content (AvgIpc) is 2.16. The Bertz CT molecular complexity index is 364. The van der Waals surface area contributed by atoms with E-state index in [-0.39, 0.29) is 5.41 Å². The molecular weight excluding hydrogens is 192 g/mol. The van der Waals surface area contributed by atoms with Crippen LogP contribution in [-0.2, 0) is 10.8 Å². The van der Waals surface area contributed by atoms with Crippen LogP contribution in [0.1, 0.15) is 64.7 Å². The van der Waals surface area contributed by atoms with E-state index in [0.29, 0.717) is 5.41 Å². The van der Waals surface area contributed by atoms with E-state index in [1.54, 1.807) is 0 Å². The molecule has 0 saturated heterocycles. The smallest absolute Gasteiger partial charge is 0.0104 e. The molecule has 0 heterocycles. The highest BCUT2D eigenvalue weighted by Crippen LogP contribution is 2.32. The molecule has 0 aromatic heterocycles. The van der Waals surface area contributed by atoms with E-state index in [2.05, 4.69) is 66.7 Å². The zero-order valence-electron chi connectivity index (χ0n) is 11.9. The average molecular weight is 218 g/mol. The Balaban J connectivity index is 3.20. The summed E-state index contributed by atoms with van der Waals surface area (Å²) in [5.74, 6) is 0. The summed E-state index contributed by atoms with van der Waals surface area (Å²) < 4.78 is 0. The van der Waals surface area contributed by atoms with Crippen molar-refractivity contribution < 1.29 is 0 Å². The normalized spacial score (nSPS) is 12.9. The molecule has 16 heavy (non-hydrogen) atoms. The van der Waals surface area contributed by atoms with Crippen LogP contribution >= 0.6 is 0 Å². The van der Waals surface area contributed by atoms with Crippen molar-refractivity contribution >= 4 is 0 Å². The van der Waals surface area contributed by atoms with Crippen LogP contribution in [0, 0.1) is 6.92 Å². The third kappa shape index (κ3) is 2.66. The summed E-state index contributed by atoms with van der Waals surface area (Å²) in [6, 6.07) is 6.96. The van der Waals surface area contributed by atoms with Crippen LogP contribution in [0.2, 0.25) is 0 Å². The first-order valence-corrected chi connectivity index (χ1v) is 6.30. The first-order chi connectivity index (χ1) is 7.18. The summed E-state index contributed by atoms with van der Waals surface area (Å²) in [7, 11) is 0. The van der Waals surface area contributed by atoms with Crippen molar-refractivity contribution in [2.24, 2.45) is 0 Å². The highest BCUT2D eigenvalue weighted by atomic mass is 14.3. The lowest BCUT2D eigenvalue weighted by Crippen LogP contribution is -2.18. The highest BCUT2D eigenvalue weighted by molar-refractivity contribution is 5.38. The van der Waals surface area contributed by atoms with Crippen molar-refractivity contribution in [3.8, 4) is 0 Å². The molecule has 1 rings (SSSR count). The molecule has 0 aliphatic rings. The predicted octanol–water partition coefficient (Wildman–Crippen LogP) is 4.98. The van der Waals surface area contributed by atoms with Crippen LogP contribution in [0.3, 0.4) is 0 Å². The second kappa shape index (κ2) is 4.24. The van der Waals surface area contributed by atoms with Crippen LogP contribution in [0.5, 0.6) is 0 Å². The minimum absolute atomic E-state index is 0.250. The van der Waals surface area contributed by atoms with E-state index in [1.807, 2.05) is 0 Å². The van der Waals surface area contributed by atoms with E-state index >= 15 is 0 Å². The molecule has 0 spiro atoms. The van der Waals surface area contributed by atoms with Gasteiger partial charge in [0.25, 0.3) is 0 Å². The summed E-state index contributed by atoms with van der Waals surface area (Å²) >= 11 is 0. The third-order valence-corrected chi connectivity index (χ3v) is 3.71. The van der Waals surface area contributed by atoms with Gasteiger partial charge < -0.3 is 0 Å². The molecule has 0 aliphatic carbocycles. The van der Waals surface area contributed by atoms with Gasteiger partial charge in [0.05, 0.1) is 0 Å². The van der Waals surface area contributed by atoms with Gasteiger partial charge in [-0.15, -0.1) is 0 Å². The molecule has 0 unspecified atom stereocenters. The van der Waals surface area contributed by atoms with Gasteiger partial charge in [-0.25, -0.2) is 0 Å². The van der Waals surface area contributed by atoms with Crippen molar-refractivity contribution in [3.05, 3.63) is 34.9 Å². The molecule has 1 aromatic carbocycles. The maximum absolute atomic E-state index is 2.35. The molecular formula is C16H26. The summed E-state index contributed by atoms with van der Waals surface area (Å²) in [5, 5.41) is 0. The fourth-order valence-corrected chi connectivity index (χ4v) is 2.08. The quantitative estimate of drug-likeness (QED) is 0.656. The van der Waals surface area contributed by atoms with Crippen molar-refractivity contribution in [3.63, 3.8) is 0 Å². The molecule has 0 saturated carbocycles. The zero-order chi connectivity index (χ0) is 12.6. The molecule has 0 amide bonds. The van der Waals surface area contributed by atoms with Crippen LogP contribution in [0.4, 0.5) is 0 Å². The lowest BCUT2D eigenvalue weighted by Gasteiger charge is -2.28.